The fourth-order valence-corrected chi connectivity index (χ4v) is 1.64. The van der Waals surface area contributed by atoms with E-state index in [-0.39, 0.29) is 0 Å². The van der Waals surface area contributed by atoms with Gasteiger partial charge in [-0.3, -0.25) is 0 Å². The number of anilines is 1. The molecule has 0 saturated heterocycles. The molecule has 0 radical (unpaired) electrons. The first-order valence-corrected chi connectivity index (χ1v) is 4.05. The summed E-state index contributed by atoms with van der Waals surface area (Å²) in [5.74, 6) is 0. The van der Waals surface area contributed by atoms with Gasteiger partial charge in [0.25, 0.3) is 0 Å². The largest absolute Gasteiger partial charge is 0.374 e. The summed E-state index contributed by atoms with van der Waals surface area (Å²) in [7, 11) is 2.08. The third-order valence-electron chi connectivity index (χ3n) is 2.34. The van der Waals surface area contributed by atoms with Gasteiger partial charge < -0.3 is 4.90 Å². The SMILES string of the molecule is CN1CCc2cc(C#N)ccc21. The van der Waals surface area contributed by atoms with Crippen LogP contribution in [0.2, 0.25) is 0 Å². The van der Waals surface area contributed by atoms with Crippen molar-refractivity contribution < 1.29 is 0 Å². The molecule has 0 N–H and O–H groups in total. The average Bonchev–Trinajstić information content (AvgIpc) is 2.47. The molecule has 0 amide bonds. The number of rotatable bonds is 0. The van der Waals surface area contributed by atoms with Gasteiger partial charge in [0.15, 0.2) is 0 Å². The van der Waals surface area contributed by atoms with E-state index in [1.54, 1.807) is 0 Å². The Kier molecular flexibility index (Phi) is 1.51. The van der Waals surface area contributed by atoms with Crippen molar-refractivity contribution in [3.8, 4) is 6.07 Å². The Morgan fingerprint density at radius 3 is 3.08 bits per heavy atom. The summed E-state index contributed by atoms with van der Waals surface area (Å²) in [6.07, 6.45) is 1.07. The summed E-state index contributed by atoms with van der Waals surface area (Å²) in [5, 5.41) is 8.67. The van der Waals surface area contributed by atoms with Crippen molar-refractivity contribution in [3.05, 3.63) is 29.3 Å². The number of nitriles is 1. The number of fused-ring (bicyclic) bond motifs is 1. The highest BCUT2D eigenvalue weighted by molar-refractivity contribution is 5.59. The molecule has 0 aromatic heterocycles. The average molecular weight is 158 g/mol. The van der Waals surface area contributed by atoms with E-state index in [1.165, 1.54) is 11.3 Å². The topological polar surface area (TPSA) is 27.0 Å². The van der Waals surface area contributed by atoms with Gasteiger partial charge in [0.05, 0.1) is 11.6 Å². The lowest BCUT2D eigenvalue weighted by Gasteiger charge is -2.10. The van der Waals surface area contributed by atoms with E-state index in [9.17, 15) is 0 Å². The van der Waals surface area contributed by atoms with Crippen LogP contribution in [0.25, 0.3) is 0 Å². The normalized spacial score (nSPS) is 14.2. The predicted molar refractivity (Wildman–Crippen MR) is 48.1 cm³/mol. The van der Waals surface area contributed by atoms with Crippen LogP contribution in [0.1, 0.15) is 11.1 Å². The van der Waals surface area contributed by atoms with Crippen LogP contribution in [0.15, 0.2) is 18.2 Å². The predicted octanol–water partition coefficient (Wildman–Crippen LogP) is 1.55. The Morgan fingerprint density at radius 1 is 1.50 bits per heavy atom. The number of likely N-dealkylation sites (N-methyl/N-ethyl adjacent to an activating group) is 1. The van der Waals surface area contributed by atoms with E-state index in [0.29, 0.717) is 0 Å². The highest BCUT2D eigenvalue weighted by Crippen LogP contribution is 2.26. The van der Waals surface area contributed by atoms with Crippen molar-refractivity contribution in [1.82, 2.24) is 0 Å². The van der Waals surface area contributed by atoms with Gasteiger partial charge in [0.1, 0.15) is 0 Å². The van der Waals surface area contributed by atoms with Crippen LogP contribution in [0.4, 0.5) is 5.69 Å². The smallest absolute Gasteiger partial charge is 0.0991 e. The van der Waals surface area contributed by atoms with E-state index in [2.05, 4.69) is 18.0 Å². The summed E-state index contributed by atoms with van der Waals surface area (Å²) in [6, 6.07) is 8.04. The first-order chi connectivity index (χ1) is 5.81. The van der Waals surface area contributed by atoms with Crippen molar-refractivity contribution >= 4 is 5.69 Å². The van der Waals surface area contributed by atoms with Crippen molar-refractivity contribution in [2.75, 3.05) is 18.5 Å². The second-order valence-corrected chi connectivity index (χ2v) is 3.13. The first kappa shape index (κ1) is 7.17. The summed E-state index contributed by atoms with van der Waals surface area (Å²) < 4.78 is 0. The molecule has 1 heterocycles. The molecule has 1 aliphatic rings. The van der Waals surface area contributed by atoms with Crippen molar-refractivity contribution in [2.45, 2.75) is 6.42 Å². The Balaban J connectivity index is 2.50. The lowest BCUT2D eigenvalue weighted by atomic mass is 10.1. The zero-order chi connectivity index (χ0) is 8.55. The van der Waals surface area contributed by atoms with Crippen LogP contribution in [0.3, 0.4) is 0 Å². The van der Waals surface area contributed by atoms with Gasteiger partial charge in [-0.05, 0) is 30.2 Å². The lowest BCUT2D eigenvalue weighted by molar-refractivity contribution is 0.956. The highest BCUT2D eigenvalue weighted by atomic mass is 15.1. The first-order valence-electron chi connectivity index (χ1n) is 4.05. The summed E-state index contributed by atoms with van der Waals surface area (Å²) in [4.78, 5) is 2.22. The quantitative estimate of drug-likeness (QED) is 0.572. The molecule has 0 aliphatic carbocycles. The Bertz CT molecular complexity index is 349. The minimum absolute atomic E-state index is 0.768. The second kappa shape index (κ2) is 2.53. The van der Waals surface area contributed by atoms with E-state index in [1.807, 2.05) is 18.2 Å². The summed E-state index contributed by atoms with van der Waals surface area (Å²) >= 11 is 0. The molecular formula is C10H10N2. The van der Waals surface area contributed by atoms with E-state index in [0.717, 1.165) is 18.5 Å². The standard InChI is InChI=1S/C10H10N2/c1-12-5-4-9-6-8(7-11)2-3-10(9)12/h2-3,6H,4-5H2,1H3. The monoisotopic (exact) mass is 158 g/mol. The fourth-order valence-electron chi connectivity index (χ4n) is 1.64. The van der Waals surface area contributed by atoms with Gasteiger partial charge in [0, 0.05) is 19.3 Å². The molecule has 1 aromatic carbocycles. The maximum absolute atomic E-state index is 8.67. The van der Waals surface area contributed by atoms with E-state index in [4.69, 9.17) is 5.26 Å². The fraction of sp³-hybridized carbons (Fsp3) is 0.300. The van der Waals surface area contributed by atoms with Crippen LogP contribution in [-0.4, -0.2) is 13.6 Å². The van der Waals surface area contributed by atoms with Gasteiger partial charge in [-0.15, -0.1) is 0 Å². The molecule has 2 heteroatoms. The van der Waals surface area contributed by atoms with E-state index >= 15 is 0 Å². The number of nitrogens with zero attached hydrogens (tertiary/aromatic N) is 2. The highest BCUT2D eigenvalue weighted by Gasteiger charge is 2.14. The molecule has 0 atom stereocenters. The van der Waals surface area contributed by atoms with Gasteiger partial charge in [-0.25, -0.2) is 0 Å². The third kappa shape index (κ3) is 0.947. The van der Waals surface area contributed by atoms with Crippen LogP contribution < -0.4 is 4.90 Å². The molecule has 2 rings (SSSR count). The Hall–Kier alpha value is -1.49. The summed E-state index contributed by atoms with van der Waals surface area (Å²) in [6.45, 7) is 1.07. The molecular weight excluding hydrogens is 148 g/mol. The van der Waals surface area contributed by atoms with Crippen molar-refractivity contribution in [3.63, 3.8) is 0 Å². The molecule has 1 aliphatic heterocycles. The van der Waals surface area contributed by atoms with Crippen LogP contribution in [-0.2, 0) is 6.42 Å². The molecule has 0 fully saturated rings. The minimum atomic E-state index is 0.768. The molecule has 12 heavy (non-hydrogen) atoms. The number of hydrogen-bond donors (Lipinski definition) is 0. The molecule has 0 bridgehead atoms. The maximum Gasteiger partial charge on any atom is 0.0991 e. The van der Waals surface area contributed by atoms with Gasteiger partial charge >= 0.3 is 0 Å². The van der Waals surface area contributed by atoms with Gasteiger partial charge in [-0.2, -0.15) is 5.26 Å². The van der Waals surface area contributed by atoms with Crippen LogP contribution in [0.5, 0.6) is 0 Å². The second-order valence-electron chi connectivity index (χ2n) is 3.13. The number of benzene rings is 1. The van der Waals surface area contributed by atoms with Gasteiger partial charge in [-0.1, -0.05) is 0 Å². The molecule has 2 nitrogen and oxygen atoms in total. The maximum atomic E-state index is 8.67. The summed E-state index contributed by atoms with van der Waals surface area (Å²) in [5.41, 5.74) is 3.34. The van der Waals surface area contributed by atoms with Crippen LogP contribution in [0, 0.1) is 11.3 Å². The zero-order valence-electron chi connectivity index (χ0n) is 7.04. The zero-order valence-corrected chi connectivity index (χ0v) is 7.04. The van der Waals surface area contributed by atoms with Gasteiger partial charge in [0.2, 0.25) is 0 Å². The Labute approximate surface area is 72.0 Å². The molecule has 60 valence electrons. The third-order valence-corrected chi connectivity index (χ3v) is 2.34. The molecule has 0 saturated carbocycles. The minimum Gasteiger partial charge on any atom is -0.374 e. The Morgan fingerprint density at radius 2 is 2.33 bits per heavy atom. The molecule has 0 spiro atoms. The molecule has 1 aromatic rings. The van der Waals surface area contributed by atoms with E-state index < -0.39 is 0 Å². The lowest BCUT2D eigenvalue weighted by Crippen LogP contribution is -2.12. The van der Waals surface area contributed by atoms with Crippen molar-refractivity contribution in [1.29, 1.82) is 5.26 Å². The van der Waals surface area contributed by atoms with Crippen molar-refractivity contribution in [2.24, 2.45) is 0 Å². The number of hydrogen-bond acceptors (Lipinski definition) is 2. The van der Waals surface area contributed by atoms with Crippen LogP contribution >= 0.6 is 0 Å². The molecule has 0 unspecified atom stereocenters.